The molecule has 0 amide bonds. The fraction of sp³-hybridized carbons (Fsp3) is 0.917. The highest BCUT2D eigenvalue weighted by molar-refractivity contribution is 5.78. The highest BCUT2D eigenvalue weighted by Crippen LogP contribution is 2.27. The van der Waals surface area contributed by atoms with Crippen LogP contribution in [0.3, 0.4) is 0 Å². The molecule has 14 heavy (non-hydrogen) atoms. The van der Waals surface area contributed by atoms with Crippen molar-refractivity contribution in [1.29, 1.82) is 0 Å². The van der Waals surface area contributed by atoms with Crippen molar-refractivity contribution in [3.05, 3.63) is 0 Å². The standard InChI is InChI=1S/C12H22O2/c1-9(2)8-14-12-7-5-4-6-11(12)10(3)13/h9,11-12H,4-8H2,1-3H3. The molecular formula is C12H22O2. The maximum Gasteiger partial charge on any atom is 0.135 e. The van der Waals surface area contributed by atoms with Gasteiger partial charge in [0.15, 0.2) is 0 Å². The zero-order valence-electron chi connectivity index (χ0n) is 9.58. The first-order valence-corrected chi connectivity index (χ1v) is 5.73. The molecule has 0 N–H and O–H groups in total. The number of Topliss-reactive ketones (excluding diaryl/α,β-unsaturated/α-hetero) is 1. The van der Waals surface area contributed by atoms with E-state index in [4.69, 9.17) is 4.74 Å². The fourth-order valence-corrected chi connectivity index (χ4v) is 2.08. The Bertz CT molecular complexity index is 187. The number of hydrogen-bond acceptors (Lipinski definition) is 2. The summed E-state index contributed by atoms with van der Waals surface area (Å²) in [7, 11) is 0. The van der Waals surface area contributed by atoms with Crippen molar-refractivity contribution in [2.75, 3.05) is 6.61 Å². The van der Waals surface area contributed by atoms with Crippen LogP contribution in [0, 0.1) is 11.8 Å². The van der Waals surface area contributed by atoms with Gasteiger partial charge in [-0.1, -0.05) is 26.7 Å². The monoisotopic (exact) mass is 198 g/mol. The zero-order valence-corrected chi connectivity index (χ0v) is 9.58. The van der Waals surface area contributed by atoms with Gasteiger partial charge < -0.3 is 4.74 Å². The summed E-state index contributed by atoms with van der Waals surface area (Å²) >= 11 is 0. The molecule has 0 aliphatic heterocycles. The average molecular weight is 198 g/mol. The SMILES string of the molecule is CC(=O)C1CCCCC1OCC(C)C. The second kappa shape index (κ2) is 5.50. The molecule has 1 rings (SSSR count). The first-order valence-electron chi connectivity index (χ1n) is 5.73. The molecule has 0 bridgehead atoms. The van der Waals surface area contributed by atoms with Crippen LogP contribution in [0.1, 0.15) is 46.5 Å². The van der Waals surface area contributed by atoms with Crippen molar-refractivity contribution in [2.24, 2.45) is 11.8 Å². The van der Waals surface area contributed by atoms with Crippen molar-refractivity contribution in [2.45, 2.75) is 52.6 Å². The molecule has 0 aromatic rings. The third kappa shape index (κ3) is 3.41. The Hall–Kier alpha value is -0.370. The lowest BCUT2D eigenvalue weighted by Gasteiger charge is -2.30. The highest BCUT2D eigenvalue weighted by Gasteiger charge is 2.29. The minimum atomic E-state index is 0.169. The van der Waals surface area contributed by atoms with Crippen LogP contribution in [0.4, 0.5) is 0 Å². The summed E-state index contributed by atoms with van der Waals surface area (Å²) in [5.41, 5.74) is 0. The number of hydrogen-bond donors (Lipinski definition) is 0. The summed E-state index contributed by atoms with van der Waals surface area (Å²) in [5.74, 6) is 1.03. The lowest BCUT2D eigenvalue weighted by molar-refractivity contribution is -0.128. The molecular weight excluding hydrogens is 176 g/mol. The smallest absolute Gasteiger partial charge is 0.135 e. The van der Waals surface area contributed by atoms with Crippen molar-refractivity contribution in [3.63, 3.8) is 0 Å². The number of rotatable bonds is 4. The van der Waals surface area contributed by atoms with E-state index in [2.05, 4.69) is 13.8 Å². The molecule has 2 unspecified atom stereocenters. The fourth-order valence-electron chi connectivity index (χ4n) is 2.08. The van der Waals surface area contributed by atoms with Gasteiger partial charge in [0.05, 0.1) is 6.10 Å². The minimum Gasteiger partial charge on any atom is -0.377 e. The Morgan fingerprint density at radius 3 is 2.57 bits per heavy atom. The second-order valence-electron chi connectivity index (χ2n) is 4.77. The normalized spacial score (nSPS) is 28.0. The maximum absolute atomic E-state index is 11.4. The summed E-state index contributed by atoms with van der Waals surface area (Å²) in [5, 5.41) is 0. The molecule has 1 aliphatic carbocycles. The van der Waals surface area contributed by atoms with E-state index >= 15 is 0 Å². The number of ketones is 1. The third-order valence-electron chi connectivity index (χ3n) is 2.87. The van der Waals surface area contributed by atoms with E-state index in [1.165, 1.54) is 12.8 Å². The first-order chi connectivity index (χ1) is 6.61. The van der Waals surface area contributed by atoms with Gasteiger partial charge in [0.25, 0.3) is 0 Å². The molecule has 2 atom stereocenters. The molecule has 0 aromatic heterocycles. The van der Waals surface area contributed by atoms with Gasteiger partial charge in [0.1, 0.15) is 5.78 Å². The van der Waals surface area contributed by atoms with Gasteiger partial charge in [-0.25, -0.2) is 0 Å². The molecule has 0 saturated heterocycles. The van der Waals surface area contributed by atoms with Crippen molar-refractivity contribution >= 4 is 5.78 Å². The Balaban J connectivity index is 2.42. The van der Waals surface area contributed by atoms with Gasteiger partial charge in [-0.15, -0.1) is 0 Å². The van der Waals surface area contributed by atoms with Crippen LogP contribution >= 0.6 is 0 Å². The molecule has 1 saturated carbocycles. The van der Waals surface area contributed by atoms with Crippen LogP contribution < -0.4 is 0 Å². The van der Waals surface area contributed by atoms with Crippen LogP contribution in [0.2, 0.25) is 0 Å². The molecule has 2 nitrogen and oxygen atoms in total. The molecule has 0 aromatic carbocycles. The molecule has 0 spiro atoms. The Morgan fingerprint density at radius 2 is 2.00 bits per heavy atom. The first kappa shape index (κ1) is 11.7. The lowest BCUT2D eigenvalue weighted by Crippen LogP contribution is -2.33. The van der Waals surface area contributed by atoms with Gasteiger partial charge in [0, 0.05) is 12.5 Å². The molecule has 1 aliphatic rings. The quantitative estimate of drug-likeness (QED) is 0.694. The van der Waals surface area contributed by atoms with Crippen LogP contribution in [0.15, 0.2) is 0 Å². The van der Waals surface area contributed by atoms with Gasteiger partial charge in [-0.2, -0.15) is 0 Å². The Labute approximate surface area is 87.0 Å². The topological polar surface area (TPSA) is 26.3 Å². The summed E-state index contributed by atoms with van der Waals surface area (Å²) in [6, 6.07) is 0. The Kier molecular flexibility index (Phi) is 4.59. The summed E-state index contributed by atoms with van der Waals surface area (Å²) in [6.07, 6.45) is 4.69. The van der Waals surface area contributed by atoms with Crippen LogP contribution in [-0.2, 0) is 9.53 Å². The van der Waals surface area contributed by atoms with Gasteiger partial charge in [-0.3, -0.25) is 4.79 Å². The third-order valence-corrected chi connectivity index (χ3v) is 2.87. The van der Waals surface area contributed by atoms with Gasteiger partial charge >= 0.3 is 0 Å². The molecule has 82 valence electrons. The van der Waals surface area contributed by atoms with E-state index in [1.807, 2.05) is 0 Å². The largest absolute Gasteiger partial charge is 0.377 e. The molecule has 2 heteroatoms. The molecule has 0 heterocycles. The minimum absolute atomic E-state index is 0.169. The molecule has 0 radical (unpaired) electrons. The van der Waals surface area contributed by atoms with Crippen LogP contribution in [0.5, 0.6) is 0 Å². The number of ether oxygens (including phenoxy) is 1. The highest BCUT2D eigenvalue weighted by atomic mass is 16.5. The summed E-state index contributed by atoms with van der Waals surface area (Å²) in [4.78, 5) is 11.4. The van der Waals surface area contributed by atoms with E-state index in [0.717, 1.165) is 19.4 Å². The lowest BCUT2D eigenvalue weighted by atomic mass is 9.84. The van der Waals surface area contributed by atoms with E-state index < -0.39 is 0 Å². The van der Waals surface area contributed by atoms with Crippen LogP contribution in [-0.4, -0.2) is 18.5 Å². The van der Waals surface area contributed by atoms with E-state index in [1.54, 1.807) is 6.92 Å². The van der Waals surface area contributed by atoms with E-state index in [9.17, 15) is 4.79 Å². The number of carbonyl (C=O) groups is 1. The molecule has 1 fully saturated rings. The zero-order chi connectivity index (χ0) is 10.6. The van der Waals surface area contributed by atoms with E-state index in [-0.39, 0.29) is 12.0 Å². The van der Waals surface area contributed by atoms with Gasteiger partial charge in [0.2, 0.25) is 0 Å². The maximum atomic E-state index is 11.4. The average Bonchev–Trinajstić information content (AvgIpc) is 2.15. The number of carbonyl (C=O) groups excluding carboxylic acids is 1. The predicted octanol–water partition coefficient (Wildman–Crippen LogP) is 2.81. The van der Waals surface area contributed by atoms with Crippen molar-refractivity contribution < 1.29 is 9.53 Å². The van der Waals surface area contributed by atoms with Crippen molar-refractivity contribution in [1.82, 2.24) is 0 Å². The van der Waals surface area contributed by atoms with Crippen molar-refractivity contribution in [3.8, 4) is 0 Å². The predicted molar refractivity (Wildman–Crippen MR) is 57.2 cm³/mol. The second-order valence-corrected chi connectivity index (χ2v) is 4.77. The summed E-state index contributed by atoms with van der Waals surface area (Å²) in [6.45, 7) is 6.77. The summed E-state index contributed by atoms with van der Waals surface area (Å²) < 4.78 is 5.80. The van der Waals surface area contributed by atoms with Crippen LogP contribution in [0.25, 0.3) is 0 Å². The Morgan fingerprint density at radius 1 is 1.36 bits per heavy atom. The van der Waals surface area contributed by atoms with E-state index in [0.29, 0.717) is 11.7 Å². The van der Waals surface area contributed by atoms with Gasteiger partial charge in [-0.05, 0) is 25.7 Å².